The molecule has 0 radical (unpaired) electrons. The average Bonchev–Trinajstić information content (AvgIpc) is 2.23. The smallest absolute Gasteiger partial charge is 0.215 e. The quantitative estimate of drug-likeness (QED) is 0.731. The van der Waals surface area contributed by atoms with Gasteiger partial charge in [-0.1, -0.05) is 26.2 Å². The molecule has 0 amide bonds. The summed E-state index contributed by atoms with van der Waals surface area (Å²) in [7, 11) is 0. The van der Waals surface area contributed by atoms with Gasteiger partial charge in [0.1, 0.15) is 0 Å². The van der Waals surface area contributed by atoms with Gasteiger partial charge in [0, 0.05) is 18.0 Å². The molecule has 0 unspecified atom stereocenters. The maximum Gasteiger partial charge on any atom is 0.215 e. The Morgan fingerprint density at radius 1 is 1.33 bits per heavy atom. The third-order valence-corrected chi connectivity index (χ3v) is 2.37. The Bertz CT molecular complexity index is 300. The van der Waals surface area contributed by atoms with Crippen molar-refractivity contribution < 1.29 is 4.74 Å². The fourth-order valence-electron chi connectivity index (χ4n) is 1.30. The molecule has 0 aliphatic carbocycles. The van der Waals surface area contributed by atoms with Crippen LogP contribution in [0.5, 0.6) is 5.88 Å². The second kappa shape index (κ2) is 6.27. The van der Waals surface area contributed by atoms with Crippen molar-refractivity contribution in [1.82, 2.24) is 4.98 Å². The summed E-state index contributed by atoms with van der Waals surface area (Å²) >= 11 is 0. The molecule has 0 atom stereocenters. The van der Waals surface area contributed by atoms with Crippen LogP contribution in [0.3, 0.4) is 0 Å². The average molecular weight is 208 g/mol. The molecule has 15 heavy (non-hydrogen) atoms. The first-order chi connectivity index (χ1) is 7.24. The van der Waals surface area contributed by atoms with Gasteiger partial charge in [0.15, 0.2) is 0 Å². The molecule has 0 fully saturated rings. The molecule has 3 nitrogen and oxygen atoms in total. The van der Waals surface area contributed by atoms with E-state index >= 15 is 0 Å². The molecule has 3 heteroatoms. The zero-order chi connectivity index (χ0) is 11.1. The standard InChI is InChI=1S/C12H20N2O/c1-3-4-5-6-7-15-12-8-11(13)10(2)9-14-12/h8-9H,3-7H2,1-2H3,(H2,13,14). The van der Waals surface area contributed by atoms with E-state index in [1.807, 2.05) is 6.92 Å². The van der Waals surface area contributed by atoms with E-state index in [2.05, 4.69) is 11.9 Å². The minimum absolute atomic E-state index is 0.634. The predicted molar refractivity (Wildman–Crippen MR) is 63.0 cm³/mol. The van der Waals surface area contributed by atoms with Gasteiger partial charge in [0.05, 0.1) is 6.61 Å². The van der Waals surface area contributed by atoms with Crippen LogP contribution < -0.4 is 10.5 Å². The van der Waals surface area contributed by atoms with Crippen LogP contribution in [-0.2, 0) is 0 Å². The van der Waals surface area contributed by atoms with Crippen molar-refractivity contribution in [2.75, 3.05) is 12.3 Å². The van der Waals surface area contributed by atoms with E-state index in [9.17, 15) is 0 Å². The molecule has 2 N–H and O–H groups in total. The second-order valence-corrected chi connectivity index (χ2v) is 3.79. The van der Waals surface area contributed by atoms with Gasteiger partial charge >= 0.3 is 0 Å². The number of aryl methyl sites for hydroxylation is 1. The number of anilines is 1. The van der Waals surface area contributed by atoms with Crippen LogP contribution in [0.2, 0.25) is 0 Å². The molecule has 1 aromatic rings. The highest BCUT2D eigenvalue weighted by Gasteiger charge is 1.98. The maximum atomic E-state index is 5.75. The molecule has 0 spiro atoms. The van der Waals surface area contributed by atoms with E-state index in [1.165, 1.54) is 19.3 Å². The van der Waals surface area contributed by atoms with E-state index in [1.54, 1.807) is 12.3 Å². The fraction of sp³-hybridized carbons (Fsp3) is 0.583. The summed E-state index contributed by atoms with van der Waals surface area (Å²) < 4.78 is 5.50. The molecule has 0 saturated heterocycles. The molecule has 84 valence electrons. The fourth-order valence-corrected chi connectivity index (χ4v) is 1.30. The van der Waals surface area contributed by atoms with Crippen LogP contribution in [0.4, 0.5) is 5.69 Å². The second-order valence-electron chi connectivity index (χ2n) is 3.79. The number of pyridine rings is 1. The number of nitrogen functional groups attached to an aromatic ring is 1. The molecule has 1 heterocycles. The van der Waals surface area contributed by atoms with E-state index in [4.69, 9.17) is 10.5 Å². The zero-order valence-electron chi connectivity index (χ0n) is 9.62. The van der Waals surface area contributed by atoms with Crippen LogP contribution in [-0.4, -0.2) is 11.6 Å². The van der Waals surface area contributed by atoms with E-state index in [0.717, 1.165) is 24.3 Å². The Morgan fingerprint density at radius 3 is 2.80 bits per heavy atom. The van der Waals surface area contributed by atoms with E-state index in [-0.39, 0.29) is 0 Å². The molecular weight excluding hydrogens is 188 g/mol. The minimum Gasteiger partial charge on any atom is -0.478 e. The summed E-state index contributed by atoms with van der Waals surface area (Å²) in [5.41, 5.74) is 7.49. The van der Waals surface area contributed by atoms with Gasteiger partial charge in [0.25, 0.3) is 0 Å². The molecular formula is C12H20N2O. The van der Waals surface area contributed by atoms with Crippen LogP contribution >= 0.6 is 0 Å². The van der Waals surface area contributed by atoms with Gasteiger partial charge in [0.2, 0.25) is 5.88 Å². The lowest BCUT2D eigenvalue weighted by Crippen LogP contribution is -2.00. The third-order valence-electron chi connectivity index (χ3n) is 2.37. The van der Waals surface area contributed by atoms with Crippen LogP contribution in [0, 0.1) is 6.92 Å². The minimum atomic E-state index is 0.634. The first-order valence-corrected chi connectivity index (χ1v) is 5.59. The maximum absolute atomic E-state index is 5.75. The molecule has 0 aliphatic heterocycles. The van der Waals surface area contributed by atoms with Gasteiger partial charge in [-0.2, -0.15) is 0 Å². The SMILES string of the molecule is CCCCCCOc1cc(N)c(C)cn1. The third kappa shape index (κ3) is 4.19. The number of aromatic nitrogens is 1. The number of rotatable bonds is 6. The number of nitrogens with zero attached hydrogens (tertiary/aromatic N) is 1. The van der Waals surface area contributed by atoms with Gasteiger partial charge in [-0.15, -0.1) is 0 Å². The van der Waals surface area contributed by atoms with Crippen LogP contribution in [0.1, 0.15) is 38.2 Å². The van der Waals surface area contributed by atoms with E-state index < -0.39 is 0 Å². The van der Waals surface area contributed by atoms with Gasteiger partial charge < -0.3 is 10.5 Å². The Labute approximate surface area is 91.7 Å². The van der Waals surface area contributed by atoms with E-state index in [0.29, 0.717) is 5.88 Å². The lowest BCUT2D eigenvalue weighted by atomic mass is 10.2. The highest BCUT2D eigenvalue weighted by atomic mass is 16.5. The monoisotopic (exact) mass is 208 g/mol. The number of hydrogen-bond donors (Lipinski definition) is 1. The lowest BCUT2D eigenvalue weighted by molar-refractivity contribution is 0.294. The Balaban J connectivity index is 2.28. The molecule has 0 aromatic carbocycles. The number of hydrogen-bond acceptors (Lipinski definition) is 3. The van der Waals surface area contributed by atoms with Crippen molar-refractivity contribution in [3.8, 4) is 5.88 Å². The molecule has 0 aliphatic rings. The van der Waals surface area contributed by atoms with Crippen molar-refractivity contribution in [3.63, 3.8) is 0 Å². The summed E-state index contributed by atoms with van der Waals surface area (Å²) in [6.45, 7) is 4.87. The molecule has 0 saturated carbocycles. The van der Waals surface area contributed by atoms with Gasteiger partial charge in [-0.25, -0.2) is 4.98 Å². The van der Waals surface area contributed by atoms with Crippen LogP contribution in [0.25, 0.3) is 0 Å². The Hall–Kier alpha value is -1.25. The molecule has 1 rings (SSSR count). The van der Waals surface area contributed by atoms with Crippen molar-refractivity contribution >= 4 is 5.69 Å². The largest absolute Gasteiger partial charge is 0.478 e. The summed E-state index contributed by atoms with van der Waals surface area (Å²) in [4.78, 5) is 4.15. The van der Waals surface area contributed by atoms with Crippen molar-refractivity contribution in [1.29, 1.82) is 0 Å². The van der Waals surface area contributed by atoms with Crippen molar-refractivity contribution in [2.45, 2.75) is 39.5 Å². The first-order valence-electron chi connectivity index (χ1n) is 5.59. The molecule has 0 bridgehead atoms. The number of nitrogens with two attached hydrogens (primary N) is 1. The number of unbranched alkanes of at least 4 members (excludes halogenated alkanes) is 3. The summed E-state index contributed by atoms with van der Waals surface area (Å²) in [5, 5.41) is 0. The van der Waals surface area contributed by atoms with Crippen LogP contribution in [0.15, 0.2) is 12.3 Å². The highest BCUT2D eigenvalue weighted by Crippen LogP contribution is 2.15. The number of ether oxygens (including phenoxy) is 1. The summed E-state index contributed by atoms with van der Waals surface area (Å²) in [6.07, 6.45) is 6.57. The zero-order valence-corrected chi connectivity index (χ0v) is 9.62. The van der Waals surface area contributed by atoms with Gasteiger partial charge in [-0.05, 0) is 18.9 Å². The first kappa shape index (κ1) is 11.8. The van der Waals surface area contributed by atoms with Crippen molar-refractivity contribution in [3.05, 3.63) is 17.8 Å². The summed E-state index contributed by atoms with van der Waals surface area (Å²) in [6, 6.07) is 1.79. The predicted octanol–water partition coefficient (Wildman–Crippen LogP) is 2.93. The van der Waals surface area contributed by atoms with Gasteiger partial charge in [-0.3, -0.25) is 0 Å². The Kier molecular flexibility index (Phi) is 4.95. The van der Waals surface area contributed by atoms with Crippen molar-refractivity contribution in [2.24, 2.45) is 0 Å². The lowest BCUT2D eigenvalue weighted by Gasteiger charge is -2.06. The normalized spacial score (nSPS) is 10.3. The topological polar surface area (TPSA) is 48.1 Å². The highest BCUT2D eigenvalue weighted by molar-refractivity contribution is 5.46. The molecule has 1 aromatic heterocycles. The Morgan fingerprint density at radius 2 is 2.13 bits per heavy atom. The summed E-state index contributed by atoms with van der Waals surface area (Å²) in [5.74, 6) is 0.634.